The number of benzene rings is 2. The summed E-state index contributed by atoms with van der Waals surface area (Å²) < 4.78 is 2.17. The van der Waals surface area contributed by atoms with Crippen molar-refractivity contribution >= 4 is 5.69 Å². The lowest BCUT2D eigenvalue weighted by molar-refractivity contribution is 0.254. The maximum Gasteiger partial charge on any atom is 0.0648 e. The van der Waals surface area contributed by atoms with Crippen LogP contribution in [-0.2, 0) is 12.8 Å². The molecule has 158 valence electrons. The summed E-state index contributed by atoms with van der Waals surface area (Å²) >= 11 is 0. The molecule has 1 fully saturated rings. The first kappa shape index (κ1) is 20.7. The first-order valence-corrected chi connectivity index (χ1v) is 11.5. The summed E-state index contributed by atoms with van der Waals surface area (Å²) in [7, 11) is 0. The van der Waals surface area contributed by atoms with Gasteiger partial charge in [-0.15, -0.1) is 0 Å². The third-order valence-corrected chi connectivity index (χ3v) is 6.02. The van der Waals surface area contributed by atoms with Gasteiger partial charge in [-0.2, -0.15) is 5.10 Å². The number of para-hydroxylation sites is 2. The van der Waals surface area contributed by atoms with Gasteiger partial charge in [-0.25, -0.2) is 4.68 Å². The Labute approximate surface area is 181 Å². The zero-order chi connectivity index (χ0) is 20.6. The molecule has 1 saturated heterocycles. The first-order chi connectivity index (χ1) is 14.8. The Morgan fingerprint density at radius 1 is 0.767 bits per heavy atom. The van der Waals surface area contributed by atoms with Gasteiger partial charge in [0.25, 0.3) is 0 Å². The van der Waals surface area contributed by atoms with Crippen LogP contribution in [0.2, 0.25) is 0 Å². The molecule has 1 aromatic heterocycles. The molecule has 4 rings (SSSR count). The maximum absolute atomic E-state index is 4.92. The number of aromatic nitrogens is 2. The highest BCUT2D eigenvalue weighted by Crippen LogP contribution is 2.18. The molecule has 0 unspecified atom stereocenters. The fourth-order valence-corrected chi connectivity index (χ4v) is 4.28. The van der Waals surface area contributed by atoms with Gasteiger partial charge in [-0.3, -0.25) is 4.90 Å². The van der Waals surface area contributed by atoms with Crippen molar-refractivity contribution in [2.24, 2.45) is 0 Å². The SMILES string of the molecule is CCCCc1cc(CCCN2CCN(c3ccccc3)CC2)n(-c2ccccc2)n1. The standard InChI is InChI=1S/C26H34N4/c1-2-3-11-23-22-26(30(27-23)25-14-8-5-9-15-25)16-10-17-28-18-20-29(21-19-28)24-12-6-4-7-13-24/h4-9,12-15,22H,2-3,10-11,16-21H2,1H3. The molecule has 30 heavy (non-hydrogen) atoms. The van der Waals surface area contributed by atoms with Crippen LogP contribution in [0.3, 0.4) is 0 Å². The zero-order valence-electron chi connectivity index (χ0n) is 18.2. The zero-order valence-corrected chi connectivity index (χ0v) is 18.2. The van der Waals surface area contributed by atoms with E-state index in [1.54, 1.807) is 0 Å². The third-order valence-electron chi connectivity index (χ3n) is 6.02. The van der Waals surface area contributed by atoms with E-state index in [1.807, 2.05) is 0 Å². The van der Waals surface area contributed by atoms with Crippen LogP contribution in [0.25, 0.3) is 5.69 Å². The Morgan fingerprint density at radius 2 is 1.43 bits per heavy atom. The number of aryl methyl sites for hydroxylation is 2. The summed E-state index contributed by atoms with van der Waals surface area (Å²) in [5, 5.41) is 4.92. The van der Waals surface area contributed by atoms with Crippen LogP contribution >= 0.6 is 0 Å². The van der Waals surface area contributed by atoms with Crippen molar-refractivity contribution in [2.45, 2.75) is 39.0 Å². The van der Waals surface area contributed by atoms with Crippen LogP contribution in [0.1, 0.15) is 37.6 Å². The molecule has 0 N–H and O–H groups in total. The molecule has 4 heteroatoms. The molecule has 0 radical (unpaired) electrons. The molecule has 0 bridgehead atoms. The molecule has 3 aromatic rings. The van der Waals surface area contributed by atoms with Gasteiger partial charge < -0.3 is 4.90 Å². The van der Waals surface area contributed by atoms with E-state index in [1.165, 1.54) is 42.0 Å². The Morgan fingerprint density at radius 3 is 2.10 bits per heavy atom. The van der Waals surface area contributed by atoms with E-state index in [4.69, 9.17) is 5.10 Å². The minimum atomic E-state index is 1.07. The van der Waals surface area contributed by atoms with Crippen molar-refractivity contribution in [1.82, 2.24) is 14.7 Å². The lowest BCUT2D eigenvalue weighted by Gasteiger charge is -2.36. The van der Waals surface area contributed by atoms with Gasteiger partial charge in [0.1, 0.15) is 0 Å². The largest absolute Gasteiger partial charge is 0.369 e. The average molecular weight is 403 g/mol. The van der Waals surface area contributed by atoms with Crippen LogP contribution in [0.15, 0.2) is 66.7 Å². The van der Waals surface area contributed by atoms with Crippen LogP contribution < -0.4 is 4.90 Å². The number of rotatable bonds is 9. The van der Waals surface area contributed by atoms with Gasteiger partial charge in [-0.1, -0.05) is 49.7 Å². The summed E-state index contributed by atoms with van der Waals surface area (Å²) in [4.78, 5) is 5.11. The van der Waals surface area contributed by atoms with Gasteiger partial charge in [-0.05, 0) is 62.6 Å². The van der Waals surface area contributed by atoms with E-state index >= 15 is 0 Å². The Kier molecular flexibility index (Phi) is 7.20. The molecule has 0 spiro atoms. The second kappa shape index (κ2) is 10.4. The number of anilines is 1. The van der Waals surface area contributed by atoms with Crippen molar-refractivity contribution in [3.8, 4) is 5.69 Å². The smallest absolute Gasteiger partial charge is 0.0648 e. The van der Waals surface area contributed by atoms with Gasteiger partial charge in [0.05, 0.1) is 11.4 Å². The summed E-state index contributed by atoms with van der Waals surface area (Å²) in [6, 6.07) is 23.7. The average Bonchev–Trinajstić information content (AvgIpc) is 3.22. The summed E-state index contributed by atoms with van der Waals surface area (Å²) in [6.45, 7) is 7.93. The summed E-state index contributed by atoms with van der Waals surface area (Å²) in [5.41, 5.74) is 5.10. The van der Waals surface area contributed by atoms with Crippen LogP contribution in [0.5, 0.6) is 0 Å². The quantitative estimate of drug-likeness (QED) is 0.505. The predicted molar refractivity (Wildman–Crippen MR) is 126 cm³/mol. The van der Waals surface area contributed by atoms with E-state index in [-0.39, 0.29) is 0 Å². The number of unbranched alkanes of at least 4 members (excludes halogenated alkanes) is 1. The molecule has 0 amide bonds. The molecule has 0 atom stereocenters. The highest BCUT2D eigenvalue weighted by atomic mass is 15.3. The van der Waals surface area contributed by atoms with Crippen molar-refractivity contribution in [2.75, 3.05) is 37.6 Å². The Hall–Kier alpha value is -2.59. The van der Waals surface area contributed by atoms with Gasteiger partial charge in [0.15, 0.2) is 0 Å². The Bertz CT molecular complexity index is 880. The number of hydrogen-bond donors (Lipinski definition) is 0. The normalized spacial score (nSPS) is 14.9. The molecular formula is C26H34N4. The van der Waals surface area contributed by atoms with E-state index in [0.717, 1.165) is 45.6 Å². The van der Waals surface area contributed by atoms with Gasteiger partial charge in [0.2, 0.25) is 0 Å². The molecule has 1 aliphatic rings. The lowest BCUT2D eigenvalue weighted by Crippen LogP contribution is -2.46. The molecule has 0 aliphatic carbocycles. The highest BCUT2D eigenvalue weighted by Gasteiger charge is 2.17. The molecule has 4 nitrogen and oxygen atoms in total. The highest BCUT2D eigenvalue weighted by molar-refractivity contribution is 5.46. The van der Waals surface area contributed by atoms with Crippen LogP contribution in [0, 0.1) is 0 Å². The van der Waals surface area contributed by atoms with Gasteiger partial charge in [0, 0.05) is 37.6 Å². The van der Waals surface area contributed by atoms with Gasteiger partial charge >= 0.3 is 0 Å². The van der Waals surface area contributed by atoms with Crippen LogP contribution in [-0.4, -0.2) is 47.4 Å². The third kappa shape index (κ3) is 5.31. The maximum atomic E-state index is 4.92. The molecular weight excluding hydrogens is 368 g/mol. The van der Waals surface area contributed by atoms with E-state index in [9.17, 15) is 0 Å². The molecule has 1 aliphatic heterocycles. The number of nitrogens with zero attached hydrogens (tertiary/aromatic N) is 4. The number of piperazine rings is 1. The van der Waals surface area contributed by atoms with Crippen LogP contribution in [0.4, 0.5) is 5.69 Å². The fraction of sp³-hybridized carbons (Fsp3) is 0.423. The first-order valence-electron chi connectivity index (χ1n) is 11.5. The molecule has 2 heterocycles. The molecule has 2 aromatic carbocycles. The monoisotopic (exact) mass is 402 g/mol. The van der Waals surface area contributed by atoms with E-state index in [2.05, 4.69) is 88.1 Å². The second-order valence-corrected chi connectivity index (χ2v) is 8.25. The van der Waals surface area contributed by atoms with E-state index in [0.29, 0.717) is 0 Å². The minimum Gasteiger partial charge on any atom is -0.369 e. The Balaban J connectivity index is 1.32. The fourth-order valence-electron chi connectivity index (χ4n) is 4.28. The number of hydrogen-bond acceptors (Lipinski definition) is 3. The summed E-state index contributed by atoms with van der Waals surface area (Å²) in [5.74, 6) is 0. The lowest BCUT2D eigenvalue weighted by atomic mass is 10.1. The van der Waals surface area contributed by atoms with Crippen molar-refractivity contribution in [1.29, 1.82) is 0 Å². The minimum absolute atomic E-state index is 1.07. The van der Waals surface area contributed by atoms with Crippen molar-refractivity contribution in [3.05, 3.63) is 78.1 Å². The molecule has 0 saturated carbocycles. The van der Waals surface area contributed by atoms with Crippen molar-refractivity contribution < 1.29 is 0 Å². The predicted octanol–water partition coefficient (Wildman–Crippen LogP) is 4.97. The van der Waals surface area contributed by atoms with E-state index < -0.39 is 0 Å². The summed E-state index contributed by atoms with van der Waals surface area (Å²) in [6.07, 6.45) is 5.74. The van der Waals surface area contributed by atoms with Crippen molar-refractivity contribution in [3.63, 3.8) is 0 Å². The second-order valence-electron chi connectivity index (χ2n) is 8.25. The topological polar surface area (TPSA) is 24.3 Å².